The van der Waals surface area contributed by atoms with Gasteiger partial charge in [-0.25, -0.2) is 23.9 Å². The normalized spacial score (nSPS) is 16.1. The van der Waals surface area contributed by atoms with E-state index >= 15 is 0 Å². The molecule has 16 heteroatoms. The van der Waals surface area contributed by atoms with E-state index in [0.29, 0.717) is 57.1 Å². The molecule has 288 valence electrons. The van der Waals surface area contributed by atoms with Crippen molar-refractivity contribution in [3.05, 3.63) is 59.6 Å². The molecule has 0 radical (unpaired) electrons. The van der Waals surface area contributed by atoms with E-state index in [4.69, 9.17) is 14.0 Å². The van der Waals surface area contributed by atoms with E-state index in [1.807, 2.05) is 0 Å². The summed E-state index contributed by atoms with van der Waals surface area (Å²) in [4.78, 5) is 48.4. The number of nitrogens with zero attached hydrogens (tertiary/aromatic N) is 4. The highest BCUT2D eigenvalue weighted by Gasteiger charge is 2.58. The number of likely N-dealkylation sites (tertiary alicyclic amines) is 1. The molecule has 1 unspecified atom stereocenters. The van der Waals surface area contributed by atoms with Gasteiger partial charge in [0.1, 0.15) is 24.6 Å². The van der Waals surface area contributed by atoms with Crippen molar-refractivity contribution in [1.82, 2.24) is 19.9 Å². The number of hydrogen-bond donors (Lipinski definition) is 4. The second-order valence-electron chi connectivity index (χ2n) is 15.4. The Hall–Kier alpha value is -3.72. The monoisotopic (exact) mass is 772 g/mol. The number of hydrogen-bond acceptors (Lipinski definition) is 11. The van der Waals surface area contributed by atoms with Gasteiger partial charge in [-0.3, -0.25) is 14.2 Å². The summed E-state index contributed by atoms with van der Waals surface area (Å²) in [6, 6.07) is 9.33. The minimum absolute atomic E-state index is 0.0135. The maximum atomic E-state index is 13.5. The molecular weight excluding hydrogens is 722 g/mol. The molecule has 2 aromatic heterocycles. The van der Waals surface area contributed by atoms with Crippen LogP contribution in [0.4, 0.5) is 21.0 Å². The Morgan fingerprint density at radius 3 is 2.49 bits per heavy atom. The quantitative estimate of drug-likeness (QED) is 0.0929. The van der Waals surface area contributed by atoms with Crippen molar-refractivity contribution >= 4 is 52.6 Å². The van der Waals surface area contributed by atoms with E-state index in [1.165, 1.54) is 35.9 Å². The number of methoxy groups -OCH3 is 1. The van der Waals surface area contributed by atoms with Crippen molar-refractivity contribution in [3.8, 4) is 11.5 Å². The molecule has 1 saturated heterocycles. The van der Waals surface area contributed by atoms with Crippen molar-refractivity contribution in [2.45, 2.75) is 73.3 Å². The zero-order valence-electron chi connectivity index (χ0n) is 31.3. The van der Waals surface area contributed by atoms with E-state index in [-0.39, 0.29) is 35.8 Å². The van der Waals surface area contributed by atoms with Gasteiger partial charge in [0.05, 0.1) is 25.7 Å². The minimum Gasteiger partial charge on any atom is -0.493 e. The number of carbonyl (C=O) groups excluding carboxylic acids is 1. The van der Waals surface area contributed by atoms with Gasteiger partial charge in [-0.1, -0.05) is 54.0 Å². The Morgan fingerprint density at radius 1 is 1.06 bits per heavy atom. The summed E-state index contributed by atoms with van der Waals surface area (Å²) in [5, 5.41) is 7.13. The molecule has 0 saturated carbocycles. The van der Waals surface area contributed by atoms with E-state index < -0.39 is 19.1 Å². The molecule has 0 aliphatic carbocycles. The number of piperidine rings is 1. The largest absolute Gasteiger partial charge is 0.493 e. The summed E-state index contributed by atoms with van der Waals surface area (Å²) >= 11 is 1.30. The maximum absolute atomic E-state index is 13.5. The third-order valence-electron chi connectivity index (χ3n) is 10.1. The number of amides is 1. The number of aromatic nitrogens is 3. The molecule has 1 aliphatic rings. The van der Waals surface area contributed by atoms with Gasteiger partial charge in [0, 0.05) is 46.2 Å². The molecule has 3 heterocycles. The molecule has 5 rings (SSSR count). The first kappa shape index (κ1) is 40.5. The summed E-state index contributed by atoms with van der Waals surface area (Å²) in [7, 11) is -3.14. The highest BCUT2D eigenvalue weighted by Crippen LogP contribution is 2.58. The number of benzene rings is 2. The Labute approximate surface area is 313 Å². The molecule has 0 spiro atoms. The average Bonchev–Trinajstić information content (AvgIpc) is 3.49. The smallest absolute Gasteiger partial charge is 0.469 e. The Morgan fingerprint density at radius 2 is 1.81 bits per heavy atom. The third-order valence-corrected chi connectivity index (χ3v) is 11.5. The number of phosphoric acid groups is 1. The van der Waals surface area contributed by atoms with Crippen molar-refractivity contribution in [2.75, 3.05) is 44.0 Å². The molecule has 0 bridgehead atoms. The predicted molar refractivity (Wildman–Crippen MR) is 204 cm³/mol. The van der Waals surface area contributed by atoms with Crippen LogP contribution in [0.15, 0.2) is 48.9 Å². The van der Waals surface area contributed by atoms with E-state index in [2.05, 4.69) is 72.0 Å². The lowest BCUT2D eigenvalue weighted by atomic mass is 9.50. The van der Waals surface area contributed by atoms with Crippen LogP contribution in [0.1, 0.15) is 65.7 Å². The molecule has 1 aliphatic heterocycles. The van der Waals surface area contributed by atoms with Gasteiger partial charge in [-0.05, 0) is 54.5 Å². The molecule has 1 amide bonds. The Bertz CT molecular complexity index is 1930. The third kappa shape index (κ3) is 9.69. The minimum atomic E-state index is -4.70. The van der Waals surface area contributed by atoms with Crippen molar-refractivity contribution in [1.29, 1.82) is 0 Å². The number of halogens is 1. The molecule has 4 aromatic rings. The number of rotatable bonds is 14. The molecule has 4 N–H and O–H groups in total. The molecule has 1 fully saturated rings. The van der Waals surface area contributed by atoms with Crippen LogP contribution in [-0.2, 0) is 20.3 Å². The van der Waals surface area contributed by atoms with Crippen LogP contribution in [0.25, 0.3) is 10.9 Å². The summed E-state index contributed by atoms with van der Waals surface area (Å²) < 4.78 is 42.9. The van der Waals surface area contributed by atoms with E-state index in [1.54, 1.807) is 31.5 Å². The molecule has 53 heavy (non-hydrogen) atoms. The van der Waals surface area contributed by atoms with Gasteiger partial charge < -0.3 is 29.9 Å². The van der Waals surface area contributed by atoms with Gasteiger partial charge in [-0.2, -0.15) is 0 Å². The topological polar surface area (TPSA) is 168 Å². The first-order chi connectivity index (χ1) is 24.9. The van der Waals surface area contributed by atoms with Crippen LogP contribution in [0.5, 0.6) is 11.5 Å². The van der Waals surface area contributed by atoms with Crippen LogP contribution in [0, 0.1) is 22.1 Å². The molecule has 13 nitrogen and oxygen atoms in total. The second kappa shape index (κ2) is 16.3. The predicted octanol–water partition coefficient (Wildman–Crippen LogP) is 7.58. The van der Waals surface area contributed by atoms with Crippen LogP contribution in [0.2, 0.25) is 0 Å². The lowest BCUT2D eigenvalue weighted by Crippen LogP contribution is -2.63. The summed E-state index contributed by atoms with van der Waals surface area (Å²) in [6.07, 6.45) is 6.01. The van der Waals surface area contributed by atoms with E-state index in [9.17, 15) is 23.5 Å². The average molecular weight is 773 g/mol. The summed E-state index contributed by atoms with van der Waals surface area (Å²) in [6.45, 7) is 14.4. The van der Waals surface area contributed by atoms with Gasteiger partial charge in [-0.15, -0.1) is 11.3 Å². The number of anilines is 3. The van der Waals surface area contributed by atoms with Gasteiger partial charge >= 0.3 is 7.82 Å². The number of ether oxygens (including phenoxy) is 2. The fourth-order valence-corrected chi connectivity index (χ4v) is 9.03. The Balaban J connectivity index is 1.30. The fourth-order valence-electron chi connectivity index (χ4n) is 7.84. The highest BCUT2D eigenvalue weighted by atomic mass is 32.1. The summed E-state index contributed by atoms with van der Waals surface area (Å²) in [5.41, 5.74) is -0.307. The van der Waals surface area contributed by atoms with Crippen molar-refractivity contribution < 1.29 is 37.5 Å². The molecule has 2 aromatic carbocycles. The first-order valence-corrected chi connectivity index (χ1v) is 19.9. The van der Waals surface area contributed by atoms with Gasteiger partial charge in [0.2, 0.25) is 5.91 Å². The van der Waals surface area contributed by atoms with Gasteiger partial charge in [0.25, 0.3) is 0 Å². The van der Waals surface area contributed by atoms with Crippen LogP contribution in [-0.4, -0.2) is 75.0 Å². The van der Waals surface area contributed by atoms with Crippen LogP contribution in [0.3, 0.4) is 0 Å². The van der Waals surface area contributed by atoms with Crippen molar-refractivity contribution in [2.24, 2.45) is 16.2 Å². The number of thiazole rings is 1. The lowest BCUT2D eigenvalue weighted by molar-refractivity contribution is -0.143. The first-order valence-electron chi connectivity index (χ1n) is 17.6. The highest BCUT2D eigenvalue weighted by molar-refractivity contribution is 7.46. The fraction of sp³-hybridized carbons (Fsp3) is 0.514. The lowest BCUT2D eigenvalue weighted by Gasteiger charge is -2.61. The number of fused-ring (bicyclic) bond motifs is 1. The number of nitrogens with one attached hydrogen (secondary N) is 2. The summed E-state index contributed by atoms with van der Waals surface area (Å²) in [5.74, 6) is 0.789. The second-order valence-corrected chi connectivity index (χ2v) is 17.7. The van der Waals surface area contributed by atoms with Crippen LogP contribution < -0.4 is 20.1 Å². The standard InChI is InChI=1S/C37H50FN6O7PS/c1-35(2,3)37(36(4,5)6,22-51-52(46,47)48)31-13-8-9-14-44(31)15-16-50-30-20-28-27(19-29(30)49-7)33(41-23-40-28)43-34-39-21-26(53-34)18-32(45)42-25-12-10-11-24(38)17-25/h10-12,17,19-21,23,31H,8-9,13-16,18,22H2,1-7H3,(H,42,45)(H2,46,47,48)(H,39,40,41,43). The SMILES string of the molecule is COc1cc2c(Nc3ncc(CC(=O)Nc4cccc(F)c4)s3)ncnc2cc1OCCN1CCCCC1C(COP(=O)(O)O)(C(C)(C)C)C(C)(C)C. The zero-order valence-corrected chi connectivity index (χ0v) is 33.0. The number of phosphoric ester groups is 1. The van der Waals surface area contributed by atoms with Crippen molar-refractivity contribution in [3.63, 3.8) is 0 Å². The Kier molecular flexibility index (Phi) is 12.5. The number of carbonyl (C=O) groups is 1. The molecular formula is C37H50FN6O7PS. The van der Waals surface area contributed by atoms with E-state index in [0.717, 1.165) is 25.8 Å². The molecule has 1 atom stereocenters. The zero-order chi connectivity index (χ0) is 38.6. The van der Waals surface area contributed by atoms with Crippen LogP contribution >= 0.6 is 19.2 Å². The van der Waals surface area contributed by atoms with Gasteiger partial charge in [0.15, 0.2) is 16.6 Å². The maximum Gasteiger partial charge on any atom is 0.469 e.